The first-order chi connectivity index (χ1) is 11.3. The van der Waals surface area contributed by atoms with Gasteiger partial charge in [0.2, 0.25) is 0 Å². The van der Waals surface area contributed by atoms with Gasteiger partial charge in [-0.25, -0.2) is 9.98 Å². The standard InChI is InChI=1S/C18H24N4S.HI/c1-3-14-11-20-17(23-14)12-21-18(19-4-2)22-16-10-15(16)13-8-6-5-7-9-13;/h5-9,11,15-16H,3-4,10,12H2,1-2H3,(H2,19,21,22);1H. The van der Waals surface area contributed by atoms with Crippen LogP contribution >= 0.6 is 35.3 Å². The number of halogens is 1. The van der Waals surface area contributed by atoms with Crippen molar-refractivity contribution < 1.29 is 0 Å². The van der Waals surface area contributed by atoms with Crippen LogP contribution in [0, 0.1) is 0 Å². The number of benzene rings is 1. The van der Waals surface area contributed by atoms with Gasteiger partial charge in [0, 0.05) is 29.6 Å². The number of thiazole rings is 1. The molecule has 2 unspecified atom stereocenters. The zero-order valence-corrected chi connectivity index (χ0v) is 17.3. The first-order valence-corrected chi connectivity index (χ1v) is 9.15. The molecule has 0 spiro atoms. The molecule has 1 saturated carbocycles. The normalized spacial score (nSPS) is 19.5. The van der Waals surface area contributed by atoms with Crippen LogP contribution in [0.25, 0.3) is 0 Å². The highest BCUT2D eigenvalue weighted by Gasteiger charge is 2.38. The molecule has 0 radical (unpaired) electrons. The van der Waals surface area contributed by atoms with Gasteiger partial charge in [-0.1, -0.05) is 37.3 Å². The lowest BCUT2D eigenvalue weighted by Gasteiger charge is -2.11. The minimum atomic E-state index is 0. The lowest BCUT2D eigenvalue weighted by atomic mass is 10.1. The molecular weight excluding hydrogens is 431 g/mol. The van der Waals surface area contributed by atoms with Crippen molar-refractivity contribution in [1.82, 2.24) is 15.6 Å². The molecule has 130 valence electrons. The van der Waals surface area contributed by atoms with E-state index < -0.39 is 0 Å². The molecule has 2 atom stereocenters. The van der Waals surface area contributed by atoms with E-state index in [4.69, 9.17) is 0 Å². The van der Waals surface area contributed by atoms with Gasteiger partial charge < -0.3 is 10.6 Å². The molecule has 0 amide bonds. The van der Waals surface area contributed by atoms with Gasteiger partial charge in [0.05, 0.1) is 6.54 Å². The Labute approximate surface area is 165 Å². The van der Waals surface area contributed by atoms with Gasteiger partial charge in [-0.2, -0.15) is 0 Å². The fourth-order valence-corrected chi connectivity index (χ4v) is 3.44. The Hall–Kier alpha value is -1.15. The minimum absolute atomic E-state index is 0. The van der Waals surface area contributed by atoms with E-state index in [0.29, 0.717) is 18.5 Å². The number of aryl methyl sites for hydroxylation is 1. The molecule has 6 heteroatoms. The van der Waals surface area contributed by atoms with Crippen molar-refractivity contribution in [3.63, 3.8) is 0 Å². The third-order valence-corrected chi connectivity index (χ3v) is 5.13. The molecule has 2 aromatic rings. The Kier molecular flexibility index (Phi) is 7.48. The van der Waals surface area contributed by atoms with Gasteiger partial charge in [0.25, 0.3) is 0 Å². The first-order valence-electron chi connectivity index (χ1n) is 8.33. The summed E-state index contributed by atoms with van der Waals surface area (Å²) in [7, 11) is 0. The first kappa shape index (κ1) is 19.2. The smallest absolute Gasteiger partial charge is 0.191 e. The Bertz CT molecular complexity index is 656. The summed E-state index contributed by atoms with van der Waals surface area (Å²) < 4.78 is 0. The topological polar surface area (TPSA) is 49.3 Å². The van der Waals surface area contributed by atoms with E-state index in [1.807, 2.05) is 6.20 Å². The van der Waals surface area contributed by atoms with Crippen LogP contribution in [0.4, 0.5) is 0 Å². The van der Waals surface area contributed by atoms with Gasteiger partial charge in [-0.3, -0.25) is 0 Å². The molecule has 1 heterocycles. The van der Waals surface area contributed by atoms with Crippen molar-refractivity contribution in [2.75, 3.05) is 6.54 Å². The molecule has 4 nitrogen and oxygen atoms in total. The quantitative estimate of drug-likeness (QED) is 0.394. The lowest BCUT2D eigenvalue weighted by molar-refractivity contribution is 0.794. The monoisotopic (exact) mass is 456 g/mol. The van der Waals surface area contributed by atoms with Gasteiger partial charge in [0.1, 0.15) is 5.01 Å². The number of nitrogens with one attached hydrogen (secondary N) is 2. The second-order valence-corrected chi connectivity index (χ2v) is 6.97. The van der Waals surface area contributed by atoms with E-state index in [1.165, 1.54) is 16.9 Å². The van der Waals surface area contributed by atoms with Crippen molar-refractivity contribution in [3.8, 4) is 0 Å². The summed E-state index contributed by atoms with van der Waals surface area (Å²) in [5.41, 5.74) is 1.41. The largest absolute Gasteiger partial charge is 0.357 e. The average Bonchev–Trinajstić information content (AvgIpc) is 3.19. The third kappa shape index (κ3) is 5.17. The fraction of sp³-hybridized carbons (Fsp3) is 0.444. The number of hydrogen-bond donors (Lipinski definition) is 2. The molecule has 0 aliphatic heterocycles. The summed E-state index contributed by atoms with van der Waals surface area (Å²) in [5, 5.41) is 7.96. The fourth-order valence-electron chi connectivity index (χ4n) is 2.65. The van der Waals surface area contributed by atoms with Crippen LogP contribution in [0.15, 0.2) is 41.5 Å². The molecule has 1 aliphatic rings. The maximum Gasteiger partial charge on any atom is 0.191 e. The molecule has 24 heavy (non-hydrogen) atoms. The Morgan fingerprint density at radius 2 is 2.08 bits per heavy atom. The van der Waals surface area contributed by atoms with Crippen molar-refractivity contribution in [1.29, 1.82) is 0 Å². The van der Waals surface area contributed by atoms with Crippen LogP contribution in [-0.2, 0) is 13.0 Å². The summed E-state index contributed by atoms with van der Waals surface area (Å²) in [6.07, 6.45) is 4.17. The summed E-state index contributed by atoms with van der Waals surface area (Å²) in [5.74, 6) is 1.50. The molecule has 0 saturated heterocycles. The van der Waals surface area contributed by atoms with E-state index in [-0.39, 0.29) is 24.0 Å². The van der Waals surface area contributed by atoms with Crippen molar-refractivity contribution in [2.45, 2.75) is 45.2 Å². The van der Waals surface area contributed by atoms with E-state index in [2.05, 4.69) is 64.8 Å². The second kappa shape index (κ2) is 9.36. The molecule has 2 N–H and O–H groups in total. The second-order valence-electron chi connectivity index (χ2n) is 5.77. The van der Waals surface area contributed by atoms with Gasteiger partial charge >= 0.3 is 0 Å². The number of guanidine groups is 1. The molecule has 1 aromatic heterocycles. The third-order valence-electron chi connectivity index (χ3n) is 4.01. The number of aromatic nitrogens is 1. The molecular formula is C18H25IN4S. The lowest BCUT2D eigenvalue weighted by Crippen LogP contribution is -2.39. The summed E-state index contributed by atoms with van der Waals surface area (Å²) in [4.78, 5) is 10.4. The zero-order chi connectivity index (χ0) is 16.1. The van der Waals surface area contributed by atoms with Crippen molar-refractivity contribution in [2.24, 2.45) is 4.99 Å². The van der Waals surface area contributed by atoms with E-state index >= 15 is 0 Å². The summed E-state index contributed by atoms with van der Waals surface area (Å²) in [6, 6.07) is 11.2. The van der Waals surface area contributed by atoms with Crippen LogP contribution in [0.2, 0.25) is 0 Å². The van der Waals surface area contributed by atoms with Crippen molar-refractivity contribution in [3.05, 3.63) is 52.0 Å². The van der Waals surface area contributed by atoms with Crippen LogP contribution < -0.4 is 10.6 Å². The van der Waals surface area contributed by atoms with Crippen molar-refractivity contribution >= 4 is 41.3 Å². The van der Waals surface area contributed by atoms with Crippen LogP contribution in [0.3, 0.4) is 0 Å². The van der Waals surface area contributed by atoms with E-state index in [0.717, 1.165) is 23.9 Å². The predicted octanol–water partition coefficient (Wildman–Crippen LogP) is 3.93. The number of hydrogen-bond acceptors (Lipinski definition) is 3. The molecule has 0 bridgehead atoms. The summed E-state index contributed by atoms with van der Waals surface area (Å²) >= 11 is 1.75. The number of rotatable bonds is 6. The highest BCUT2D eigenvalue weighted by atomic mass is 127. The Balaban J connectivity index is 0.00000208. The number of aliphatic imine (C=N–C) groups is 1. The maximum atomic E-state index is 4.68. The number of nitrogens with zero attached hydrogens (tertiary/aromatic N) is 2. The Morgan fingerprint density at radius 3 is 2.75 bits per heavy atom. The van der Waals surface area contributed by atoms with Crippen LogP contribution in [0.1, 0.15) is 41.6 Å². The van der Waals surface area contributed by atoms with Crippen LogP contribution in [-0.4, -0.2) is 23.5 Å². The minimum Gasteiger partial charge on any atom is -0.357 e. The van der Waals surface area contributed by atoms with E-state index in [9.17, 15) is 0 Å². The van der Waals surface area contributed by atoms with Crippen LogP contribution in [0.5, 0.6) is 0 Å². The SMILES string of the molecule is CCNC(=NCc1ncc(CC)s1)NC1CC1c1ccccc1.I. The zero-order valence-electron chi connectivity index (χ0n) is 14.2. The van der Waals surface area contributed by atoms with E-state index in [1.54, 1.807) is 11.3 Å². The molecule has 1 aromatic carbocycles. The maximum absolute atomic E-state index is 4.68. The highest BCUT2D eigenvalue weighted by molar-refractivity contribution is 14.0. The average molecular weight is 456 g/mol. The highest BCUT2D eigenvalue weighted by Crippen LogP contribution is 2.40. The molecule has 1 aliphatic carbocycles. The molecule has 3 rings (SSSR count). The van der Waals surface area contributed by atoms with Gasteiger partial charge in [0.15, 0.2) is 5.96 Å². The van der Waals surface area contributed by atoms with Gasteiger partial charge in [-0.05, 0) is 25.3 Å². The molecule has 1 fully saturated rings. The van der Waals surface area contributed by atoms with Gasteiger partial charge in [-0.15, -0.1) is 35.3 Å². The predicted molar refractivity (Wildman–Crippen MR) is 112 cm³/mol. The Morgan fingerprint density at radius 1 is 1.29 bits per heavy atom. The summed E-state index contributed by atoms with van der Waals surface area (Å²) in [6.45, 7) is 5.76.